The summed E-state index contributed by atoms with van der Waals surface area (Å²) < 4.78 is 40.5. The lowest BCUT2D eigenvalue weighted by atomic mass is 9.61. The van der Waals surface area contributed by atoms with Gasteiger partial charge in [-0.25, -0.2) is 0 Å². The second-order valence-corrected chi connectivity index (χ2v) is 21.4. The van der Waals surface area contributed by atoms with Gasteiger partial charge < -0.3 is 86.9 Å². The normalized spacial score (nSPS) is 36.8. The van der Waals surface area contributed by atoms with Gasteiger partial charge in [0.1, 0.15) is 66.7 Å². The Bertz CT molecular complexity index is 1820. The number of hydrogen-bond donors (Lipinski definition) is 12. The lowest BCUT2D eigenvalue weighted by molar-refractivity contribution is -0.331. The van der Waals surface area contributed by atoms with Crippen LogP contribution in [0.2, 0.25) is 0 Å². The lowest BCUT2D eigenvalue weighted by Gasteiger charge is -2.67. The summed E-state index contributed by atoms with van der Waals surface area (Å²) in [5.41, 5.74) is 13.0. The molecule has 0 aromatic rings. The highest BCUT2D eigenvalue weighted by Crippen LogP contribution is 2.53. The van der Waals surface area contributed by atoms with E-state index >= 15 is 0 Å². The van der Waals surface area contributed by atoms with Crippen molar-refractivity contribution >= 4 is 17.8 Å². The van der Waals surface area contributed by atoms with E-state index in [0.717, 1.165) is 5.57 Å². The Hall–Kier alpha value is -2.77. The molecule has 412 valence electrons. The second-order valence-electron chi connectivity index (χ2n) is 21.4. The predicted molar refractivity (Wildman–Crippen MR) is 267 cm³/mol. The maximum atomic E-state index is 14.3. The molecule has 21 heteroatoms. The maximum absolute atomic E-state index is 14.3. The van der Waals surface area contributed by atoms with Crippen LogP contribution in [0.3, 0.4) is 0 Å². The molecule has 0 bridgehead atoms. The van der Waals surface area contributed by atoms with E-state index in [1.807, 2.05) is 83.1 Å². The number of amides is 2. The van der Waals surface area contributed by atoms with Gasteiger partial charge in [-0.05, 0) is 91.6 Å². The number of aliphatic hydroxyl groups excluding tert-OH is 6. The number of hydrogen-bond acceptors (Lipinski definition) is 17. The number of carbonyl (C=O) groups excluding carboxylic acids is 2. The van der Waals surface area contributed by atoms with Crippen LogP contribution in [0.15, 0.2) is 16.3 Å². The molecule has 71 heavy (non-hydrogen) atoms. The van der Waals surface area contributed by atoms with Crippen molar-refractivity contribution in [2.75, 3.05) is 26.4 Å². The molecule has 0 aliphatic carbocycles. The van der Waals surface area contributed by atoms with Gasteiger partial charge in [-0.2, -0.15) is 0 Å². The van der Waals surface area contributed by atoms with Crippen molar-refractivity contribution in [1.82, 2.24) is 16.0 Å². The monoisotopic (exact) mass is 1020 g/mol. The predicted octanol–water partition coefficient (Wildman–Crippen LogP) is 0.253. The van der Waals surface area contributed by atoms with Crippen LogP contribution in [0, 0.1) is 5.41 Å². The average molecular weight is 1020 g/mol. The topological polar surface area (TPSA) is 337 Å². The SMILES string of the molecule is CC/C(C)=C1\OC(CO)C(OC(C)(CC)C(C)(CC)C2OC(CO)C(OC(C)(CC)C3(CC)NC4C(O)C(OC(C)(C)CC)C(CO)OC43)C(O)C2NC(=O)C(N)CCCN=C(N)N)C(O)C1NC(C)=O. The summed E-state index contributed by atoms with van der Waals surface area (Å²) in [5, 5.41) is 78.9. The van der Waals surface area contributed by atoms with E-state index in [1.54, 1.807) is 0 Å². The van der Waals surface area contributed by atoms with Crippen LogP contribution < -0.4 is 33.2 Å². The molecule has 4 heterocycles. The summed E-state index contributed by atoms with van der Waals surface area (Å²) >= 11 is 0. The van der Waals surface area contributed by atoms with E-state index in [2.05, 4.69) is 20.9 Å². The molecule has 0 aromatic heterocycles. The first-order valence-electron chi connectivity index (χ1n) is 26.0. The fraction of sp³-hybridized carbons (Fsp3) is 0.900. The highest BCUT2D eigenvalue weighted by molar-refractivity contribution is 5.82. The zero-order chi connectivity index (χ0) is 53.6. The third-order valence-electron chi connectivity index (χ3n) is 16.9. The molecular formula is C50H93N7O14. The highest BCUT2D eigenvalue weighted by Gasteiger charge is 2.70. The Kier molecular flexibility index (Phi) is 21.2. The number of aliphatic imine (C=N–C) groups is 1. The first kappa shape index (κ1) is 60.8. The quantitative estimate of drug-likeness (QED) is 0.0331. The van der Waals surface area contributed by atoms with Crippen LogP contribution in [-0.4, -0.2) is 188 Å². The van der Waals surface area contributed by atoms with Gasteiger partial charge in [-0.1, -0.05) is 48.5 Å². The number of rotatable bonds is 25. The molecule has 4 aliphatic rings. The summed E-state index contributed by atoms with van der Waals surface area (Å²) in [6, 6.07) is -3.93. The van der Waals surface area contributed by atoms with Crippen molar-refractivity contribution in [3.8, 4) is 0 Å². The Morgan fingerprint density at radius 2 is 1.38 bits per heavy atom. The largest absolute Gasteiger partial charge is 0.487 e. The Labute approximate surface area is 421 Å². The van der Waals surface area contributed by atoms with Crippen LogP contribution in [0.4, 0.5) is 0 Å². The lowest BCUT2D eigenvalue weighted by Crippen LogP contribution is -2.89. The first-order chi connectivity index (χ1) is 33.2. The van der Waals surface area contributed by atoms with Crippen LogP contribution in [0.1, 0.15) is 141 Å². The molecule has 21 nitrogen and oxygen atoms in total. The summed E-state index contributed by atoms with van der Waals surface area (Å²) in [4.78, 5) is 30.8. The van der Waals surface area contributed by atoms with E-state index in [9.17, 15) is 40.2 Å². The number of nitrogens with two attached hydrogens (primary N) is 3. The van der Waals surface area contributed by atoms with Crippen molar-refractivity contribution in [1.29, 1.82) is 0 Å². The third kappa shape index (κ3) is 12.2. The molecule has 0 aromatic carbocycles. The number of aliphatic hydroxyl groups is 6. The number of allylic oxidation sites excluding steroid dienone is 1. The minimum absolute atomic E-state index is 0.0979. The minimum atomic E-state index is -1.56. The van der Waals surface area contributed by atoms with Gasteiger partial charge in [0.2, 0.25) is 11.8 Å². The van der Waals surface area contributed by atoms with Crippen LogP contribution >= 0.6 is 0 Å². The molecule has 0 spiro atoms. The van der Waals surface area contributed by atoms with Gasteiger partial charge >= 0.3 is 0 Å². The Balaban J connectivity index is 1.80. The smallest absolute Gasteiger partial charge is 0.237 e. The van der Waals surface area contributed by atoms with E-state index in [0.29, 0.717) is 44.3 Å². The first-order valence-corrected chi connectivity index (χ1v) is 26.0. The van der Waals surface area contributed by atoms with Crippen molar-refractivity contribution in [3.63, 3.8) is 0 Å². The van der Waals surface area contributed by atoms with Crippen molar-refractivity contribution in [2.45, 2.75) is 255 Å². The number of fused-ring (bicyclic) bond motifs is 1. The van der Waals surface area contributed by atoms with Crippen molar-refractivity contribution in [3.05, 3.63) is 11.3 Å². The Morgan fingerprint density at radius 1 is 0.789 bits per heavy atom. The highest BCUT2D eigenvalue weighted by atomic mass is 16.6. The number of nitrogens with one attached hydrogen (secondary N) is 3. The number of guanidine groups is 1. The minimum Gasteiger partial charge on any atom is -0.487 e. The van der Waals surface area contributed by atoms with E-state index < -0.39 is 151 Å². The van der Waals surface area contributed by atoms with Crippen molar-refractivity contribution < 1.29 is 68.6 Å². The van der Waals surface area contributed by atoms with Gasteiger partial charge in [-0.3, -0.25) is 19.9 Å². The molecule has 0 radical (unpaired) electrons. The molecule has 4 saturated heterocycles. The average Bonchev–Trinajstić information content (AvgIpc) is 3.33. The van der Waals surface area contributed by atoms with Crippen LogP contribution in [0.25, 0.3) is 0 Å². The molecular weight excluding hydrogens is 923 g/mol. The number of nitrogens with zero attached hydrogens (tertiary/aromatic N) is 1. The summed E-state index contributed by atoms with van der Waals surface area (Å²) in [6.45, 7) is 22.7. The summed E-state index contributed by atoms with van der Waals surface area (Å²) in [6.07, 6.45) is -9.16. The zero-order valence-corrected chi connectivity index (χ0v) is 44.8. The van der Waals surface area contributed by atoms with Gasteiger partial charge in [0.25, 0.3) is 0 Å². The van der Waals surface area contributed by atoms with Crippen LogP contribution in [0.5, 0.6) is 0 Å². The Morgan fingerprint density at radius 3 is 1.89 bits per heavy atom. The van der Waals surface area contributed by atoms with E-state index in [4.69, 9.17) is 45.6 Å². The molecule has 19 unspecified atom stereocenters. The maximum Gasteiger partial charge on any atom is 0.237 e. The molecule has 4 fully saturated rings. The molecule has 4 rings (SSSR count). The van der Waals surface area contributed by atoms with Gasteiger partial charge in [0.15, 0.2) is 5.96 Å². The number of carbonyl (C=O) groups is 2. The van der Waals surface area contributed by atoms with E-state index in [-0.39, 0.29) is 25.3 Å². The summed E-state index contributed by atoms with van der Waals surface area (Å²) in [5.74, 6) is -0.782. The van der Waals surface area contributed by atoms with Gasteiger partial charge in [0.05, 0.1) is 72.5 Å². The molecule has 0 saturated carbocycles. The fourth-order valence-electron chi connectivity index (χ4n) is 11.2. The molecule has 2 amide bonds. The summed E-state index contributed by atoms with van der Waals surface area (Å²) in [7, 11) is 0. The standard InChI is InChI=1S/C50H93N7O14/c1-14-26(7)38-32(55-27(8)61)35(62)40(29(23-58)66-38)70-48(12,17-4)47(11,16-3)42-33(56-44(65)28(51)21-20-22-54-45(52)53)36(63)41(31(25-60)67-42)71-49(13,18-5)50(19-6)43-34(57-50)37(64)39(30(24-59)68-43)69-46(9,10)15-2/h28-37,39-43,57-60,62-64H,14-25,51H2,1-13H3,(H,55,61)(H,56,65)(H4,52,53,54)/b38-26-. The zero-order valence-electron chi connectivity index (χ0n) is 44.8. The fourth-order valence-corrected chi connectivity index (χ4v) is 11.2. The number of ether oxygens (including phenoxy) is 6. The third-order valence-corrected chi connectivity index (χ3v) is 16.9. The van der Waals surface area contributed by atoms with Crippen molar-refractivity contribution in [2.24, 2.45) is 27.6 Å². The van der Waals surface area contributed by atoms with Gasteiger partial charge in [0, 0.05) is 18.9 Å². The van der Waals surface area contributed by atoms with E-state index in [1.165, 1.54) is 6.92 Å². The molecule has 4 aliphatic heterocycles. The molecule has 19 atom stereocenters. The molecule has 15 N–H and O–H groups in total. The van der Waals surface area contributed by atoms with Crippen LogP contribution in [-0.2, 0) is 38.0 Å². The van der Waals surface area contributed by atoms with Gasteiger partial charge in [-0.15, -0.1) is 0 Å². The second kappa shape index (κ2) is 24.7.